The van der Waals surface area contributed by atoms with E-state index in [1.807, 2.05) is 32.7 Å². The first-order valence-corrected chi connectivity index (χ1v) is 6.97. The first kappa shape index (κ1) is 13.6. The predicted octanol–water partition coefficient (Wildman–Crippen LogP) is 2.93. The summed E-state index contributed by atoms with van der Waals surface area (Å²) >= 11 is 7.89. The molecule has 1 heterocycles. The molecule has 0 aliphatic carbocycles. The van der Waals surface area contributed by atoms with Crippen molar-refractivity contribution in [3.05, 3.63) is 16.5 Å². The fourth-order valence-corrected chi connectivity index (χ4v) is 2.40. The fourth-order valence-electron chi connectivity index (χ4n) is 1.49. The number of aromatic nitrogens is 2. The van der Waals surface area contributed by atoms with Crippen molar-refractivity contribution in [2.75, 3.05) is 24.0 Å². The summed E-state index contributed by atoms with van der Waals surface area (Å²) in [7, 11) is 2.05. The predicted molar refractivity (Wildman–Crippen MR) is 72.8 cm³/mol. The molecule has 0 radical (unpaired) electrons. The molecule has 0 N–H and O–H groups in total. The molecule has 16 heavy (non-hydrogen) atoms. The van der Waals surface area contributed by atoms with E-state index in [2.05, 4.69) is 28.0 Å². The molecule has 1 aromatic heterocycles. The number of hydrogen-bond acceptors (Lipinski definition) is 4. The Morgan fingerprint density at radius 1 is 1.38 bits per heavy atom. The van der Waals surface area contributed by atoms with Gasteiger partial charge < -0.3 is 4.90 Å². The van der Waals surface area contributed by atoms with Gasteiger partial charge in [-0.25, -0.2) is 9.97 Å². The number of rotatable bonds is 4. The van der Waals surface area contributed by atoms with Crippen molar-refractivity contribution in [3.8, 4) is 0 Å². The number of anilines is 1. The number of halogens is 1. The van der Waals surface area contributed by atoms with E-state index in [1.165, 1.54) is 0 Å². The van der Waals surface area contributed by atoms with Crippen LogP contribution in [0.1, 0.15) is 18.3 Å². The molecule has 0 bridgehead atoms. The topological polar surface area (TPSA) is 29.0 Å². The van der Waals surface area contributed by atoms with Crippen LogP contribution in [0.15, 0.2) is 0 Å². The van der Waals surface area contributed by atoms with Gasteiger partial charge in [0.25, 0.3) is 0 Å². The van der Waals surface area contributed by atoms with Gasteiger partial charge in [-0.2, -0.15) is 11.8 Å². The van der Waals surface area contributed by atoms with E-state index >= 15 is 0 Å². The van der Waals surface area contributed by atoms with Gasteiger partial charge in [0.1, 0.15) is 16.8 Å². The maximum atomic E-state index is 6.06. The zero-order valence-electron chi connectivity index (χ0n) is 10.4. The van der Waals surface area contributed by atoms with E-state index in [1.54, 1.807) is 0 Å². The molecule has 0 aliphatic rings. The Morgan fingerprint density at radius 3 is 2.56 bits per heavy atom. The average Bonchev–Trinajstić information content (AvgIpc) is 2.22. The molecule has 3 nitrogen and oxygen atoms in total. The molecular weight excluding hydrogens is 242 g/mol. The molecule has 0 saturated heterocycles. The standard InChI is InChI=1S/C11H18ClN3S/c1-7(6-16-5)15(4)11-8(2)10(12)13-9(3)14-11/h7H,6H2,1-5H3. The van der Waals surface area contributed by atoms with Crippen molar-refractivity contribution < 1.29 is 0 Å². The van der Waals surface area contributed by atoms with E-state index in [4.69, 9.17) is 11.6 Å². The van der Waals surface area contributed by atoms with Gasteiger partial charge in [-0.15, -0.1) is 0 Å². The minimum Gasteiger partial charge on any atom is -0.356 e. The van der Waals surface area contributed by atoms with Gasteiger partial charge in [0.05, 0.1) is 0 Å². The Kier molecular flexibility index (Phi) is 4.87. The SMILES string of the molecule is CSCC(C)N(C)c1nc(C)nc(Cl)c1C. The molecule has 1 unspecified atom stereocenters. The van der Waals surface area contributed by atoms with Crippen molar-refractivity contribution in [1.29, 1.82) is 0 Å². The lowest BCUT2D eigenvalue weighted by molar-refractivity contribution is 0.745. The molecule has 0 saturated carbocycles. The van der Waals surface area contributed by atoms with E-state index in [0.29, 0.717) is 17.0 Å². The smallest absolute Gasteiger partial charge is 0.137 e. The maximum absolute atomic E-state index is 6.06. The van der Waals surface area contributed by atoms with Crippen LogP contribution in [0, 0.1) is 13.8 Å². The quantitative estimate of drug-likeness (QED) is 0.778. The van der Waals surface area contributed by atoms with Crippen LogP contribution in [0.5, 0.6) is 0 Å². The summed E-state index contributed by atoms with van der Waals surface area (Å²) < 4.78 is 0. The molecule has 0 spiro atoms. The number of aryl methyl sites for hydroxylation is 1. The molecule has 1 aromatic rings. The van der Waals surface area contributed by atoms with Crippen LogP contribution in [-0.2, 0) is 0 Å². The Balaban J connectivity index is 3.03. The van der Waals surface area contributed by atoms with Crippen molar-refractivity contribution in [2.45, 2.75) is 26.8 Å². The highest BCUT2D eigenvalue weighted by Gasteiger charge is 2.15. The van der Waals surface area contributed by atoms with Crippen molar-refractivity contribution in [2.24, 2.45) is 0 Å². The van der Waals surface area contributed by atoms with E-state index in [9.17, 15) is 0 Å². The lowest BCUT2D eigenvalue weighted by atomic mass is 10.2. The molecule has 1 rings (SSSR count). The van der Waals surface area contributed by atoms with Crippen LogP contribution in [0.4, 0.5) is 5.82 Å². The lowest BCUT2D eigenvalue weighted by Crippen LogP contribution is -2.32. The first-order chi connectivity index (χ1) is 7.47. The molecule has 0 aromatic carbocycles. The first-order valence-electron chi connectivity index (χ1n) is 5.19. The van der Waals surface area contributed by atoms with Crippen LogP contribution in [0.2, 0.25) is 5.15 Å². The monoisotopic (exact) mass is 259 g/mol. The summed E-state index contributed by atoms with van der Waals surface area (Å²) in [6, 6.07) is 0.430. The summed E-state index contributed by atoms with van der Waals surface area (Å²) in [5, 5.41) is 0.547. The van der Waals surface area contributed by atoms with Crippen LogP contribution >= 0.6 is 23.4 Å². The zero-order chi connectivity index (χ0) is 12.3. The average molecular weight is 260 g/mol. The fraction of sp³-hybridized carbons (Fsp3) is 0.636. The summed E-state index contributed by atoms with van der Waals surface area (Å²) in [5.41, 5.74) is 0.947. The zero-order valence-corrected chi connectivity index (χ0v) is 12.0. The van der Waals surface area contributed by atoms with E-state index in [0.717, 1.165) is 17.1 Å². The summed E-state index contributed by atoms with van der Waals surface area (Å²) in [5.74, 6) is 2.71. The number of thioether (sulfide) groups is 1. The van der Waals surface area contributed by atoms with Gasteiger partial charge >= 0.3 is 0 Å². The van der Waals surface area contributed by atoms with Gasteiger partial charge in [0, 0.05) is 24.4 Å². The van der Waals surface area contributed by atoms with Crippen molar-refractivity contribution >= 4 is 29.2 Å². The Hall–Kier alpha value is -0.480. The minimum atomic E-state index is 0.430. The van der Waals surface area contributed by atoms with Crippen LogP contribution in [-0.4, -0.2) is 35.1 Å². The van der Waals surface area contributed by atoms with Gasteiger partial charge in [-0.1, -0.05) is 11.6 Å². The summed E-state index contributed by atoms with van der Waals surface area (Å²) in [6.45, 7) is 6.00. The normalized spacial score (nSPS) is 12.6. The van der Waals surface area contributed by atoms with Crippen LogP contribution in [0.25, 0.3) is 0 Å². The van der Waals surface area contributed by atoms with Gasteiger partial charge in [0.15, 0.2) is 0 Å². The molecule has 1 atom stereocenters. The molecule has 5 heteroatoms. The molecule has 0 aliphatic heterocycles. The minimum absolute atomic E-state index is 0.430. The Labute approximate surface area is 107 Å². The van der Waals surface area contributed by atoms with E-state index in [-0.39, 0.29) is 0 Å². The van der Waals surface area contributed by atoms with Gasteiger partial charge in [-0.3, -0.25) is 0 Å². The second kappa shape index (κ2) is 5.73. The van der Waals surface area contributed by atoms with Crippen LogP contribution in [0.3, 0.4) is 0 Å². The highest BCUT2D eigenvalue weighted by Crippen LogP contribution is 2.24. The lowest BCUT2D eigenvalue weighted by Gasteiger charge is -2.27. The highest BCUT2D eigenvalue weighted by molar-refractivity contribution is 7.98. The number of hydrogen-bond donors (Lipinski definition) is 0. The molecule has 0 fully saturated rings. The second-order valence-corrected chi connectivity index (χ2v) is 5.19. The third kappa shape index (κ3) is 3.01. The molecule has 90 valence electrons. The van der Waals surface area contributed by atoms with Gasteiger partial charge in [0.2, 0.25) is 0 Å². The third-order valence-corrected chi connectivity index (χ3v) is 3.76. The highest BCUT2D eigenvalue weighted by atomic mass is 35.5. The Bertz CT molecular complexity index is 370. The van der Waals surface area contributed by atoms with Gasteiger partial charge in [-0.05, 0) is 27.0 Å². The summed E-state index contributed by atoms with van der Waals surface area (Å²) in [6.07, 6.45) is 2.11. The van der Waals surface area contributed by atoms with E-state index < -0.39 is 0 Å². The number of nitrogens with zero attached hydrogens (tertiary/aromatic N) is 3. The molecular formula is C11H18ClN3S. The van der Waals surface area contributed by atoms with Crippen molar-refractivity contribution in [3.63, 3.8) is 0 Å². The third-order valence-electron chi connectivity index (χ3n) is 2.58. The molecule has 0 amide bonds. The Morgan fingerprint density at radius 2 is 2.00 bits per heavy atom. The van der Waals surface area contributed by atoms with Crippen molar-refractivity contribution in [1.82, 2.24) is 9.97 Å². The van der Waals surface area contributed by atoms with Crippen LogP contribution < -0.4 is 4.90 Å². The largest absolute Gasteiger partial charge is 0.356 e. The second-order valence-electron chi connectivity index (χ2n) is 3.93. The maximum Gasteiger partial charge on any atom is 0.137 e. The summed E-state index contributed by atoms with van der Waals surface area (Å²) in [4.78, 5) is 10.8.